The van der Waals surface area contributed by atoms with Crippen molar-refractivity contribution in [2.45, 2.75) is 95.8 Å². The van der Waals surface area contributed by atoms with Crippen LogP contribution in [0, 0.1) is 29.6 Å². The highest BCUT2D eigenvalue weighted by Crippen LogP contribution is 2.43. The standard InChI is InChI=1S/C39H51ClN3O6S/c1-24-8-7-10-34(48-4)32-15-12-28(32)23-43-22-27-11-14-31(40)20-25(27)9-5-6-17-49-35-16-13-26(21-33(35)43)37(45)42-50(47)38(24)41-36(44)29-18-30(19-29)39(2,3)46/h7,10-11,13-14,16,20-21,24,28-30,32,34,38,46H,5-6,8-9,12,15,17-19,22-23H2,1-4H3,(H,41,44)/q-1/b10-7+/t24-,28-,29?,30?,32+,34-,38?/m0/s1. The number of carbonyl (C=O) groups is 2. The smallest absolute Gasteiger partial charge is 0.254 e. The van der Waals surface area contributed by atoms with Gasteiger partial charge in [0.25, 0.3) is 5.91 Å². The molecular weight excluding hydrogens is 674 g/mol. The predicted octanol–water partition coefficient (Wildman–Crippen LogP) is 7.23. The molecule has 9 nitrogen and oxygen atoms in total. The molecule has 50 heavy (non-hydrogen) atoms. The summed E-state index contributed by atoms with van der Waals surface area (Å²) in [5, 5.41) is 13.2. The minimum absolute atomic E-state index is 0.0269. The third-order valence-corrected chi connectivity index (χ3v) is 12.9. The maximum atomic E-state index is 13.9. The lowest BCUT2D eigenvalue weighted by Gasteiger charge is -2.44. The molecule has 2 aromatic rings. The van der Waals surface area contributed by atoms with E-state index < -0.39 is 27.5 Å². The van der Waals surface area contributed by atoms with Gasteiger partial charge in [0.05, 0.1) is 24.0 Å². The van der Waals surface area contributed by atoms with Crippen LogP contribution in [0.25, 0.3) is 0 Å². The van der Waals surface area contributed by atoms with E-state index in [-0.39, 0.29) is 29.8 Å². The number of halogens is 1. The lowest BCUT2D eigenvalue weighted by atomic mass is 9.67. The Bertz CT molecular complexity index is 1680. The minimum Gasteiger partial charge on any atom is -0.491 e. The molecule has 2 aliphatic heterocycles. The van der Waals surface area contributed by atoms with Gasteiger partial charge in [-0.25, -0.2) is 0 Å². The molecule has 4 aliphatic rings. The number of ether oxygens (including phenoxy) is 2. The van der Waals surface area contributed by atoms with Gasteiger partial charge in [-0.1, -0.05) is 36.7 Å². The summed E-state index contributed by atoms with van der Waals surface area (Å²) in [6.45, 7) is 7.34. The Balaban J connectivity index is 1.37. The lowest BCUT2D eigenvalue weighted by Crippen LogP contribution is -2.50. The summed E-state index contributed by atoms with van der Waals surface area (Å²) in [6, 6.07) is 11.4. The van der Waals surface area contributed by atoms with Crippen LogP contribution in [0.5, 0.6) is 5.75 Å². The second-order valence-corrected chi connectivity index (χ2v) is 16.9. The summed E-state index contributed by atoms with van der Waals surface area (Å²) in [6.07, 6.45) is 10.5. The van der Waals surface area contributed by atoms with Gasteiger partial charge in [-0.3, -0.25) is 9.59 Å². The van der Waals surface area contributed by atoms with Crippen LogP contribution in [0.2, 0.25) is 5.02 Å². The van der Waals surface area contributed by atoms with E-state index in [1.165, 1.54) is 11.1 Å². The van der Waals surface area contributed by atoms with E-state index in [9.17, 15) is 18.9 Å². The van der Waals surface area contributed by atoms with Gasteiger partial charge in [-0.15, -0.1) is 0 Å². The Morgan fingerprint density at radius 3 is 2.66 bits per heavy atom. The van der Waals surface area contributed by atoms with Gasteiger partial charge in [-0.05, 0) is 136 Å². The lowest BCUT2D eigenvalue weighted by molar-refractivity contribution is -0.134. The van der Waals surface area contributed by atoms with Gasteiger partial charge in [0.15, 0.2) is 0 Å². The van der Waals surface area contributed by atoms with Crippen LogP contribution in [0.3, 0.4) is 0 Å². The van der Waals surface area contributed by atoms with Crippen molar-refractivity contribution in [1.82, 2.24) is 5.32 Å². The molecule has 6 rings (SSSR count). The molecule has 2 amide bonds. The highest BCUT2D eigenvalue weighted by molar-refractivity contribution is 7.75. The maximum absolute atomic E-state index is 13.9. The number of benzene rings is 2. The van der Waals surface area contributed by atoms with Crippen LogP contribution < -0.4 is 15.0 Å². The first-order valence-corrected chi connectivity index (χ1v) is 19.6. The van der Waals surface area contributed by atoms with Crippen LogP contribution in [-0.2, 0) is 37.3 Å². The molecule has 2 heterocycles. The van der Waals surface area contributed by atoms with Crippen molar-refractivity contribution in [3.8, 4) is 5.75 Å². The number of anilines is 1. The van der Waals surface area contributed by atoms with Crippen molar-refractivity contribution in [1.29, 1.82) is 0 Å². The first-order chi connectivity index (χ1) is 23.9. The van der Waals surface area contributed by atoms with Crippen molar-refractivity contribution in [2.75, 3.05) is 25.2 Å². The van der Waals surface area contributed by atoms with Gasteiger partial charge < -0.3 is 33.4 Å². The molecule has 2 N–H and O–H groups in total. The molecule has 272 valence electrons. The van der Waals surface area contributed by atoms with Crippen molar-refractivity contribution in [2.24, 2.45) is 34.0 Å². The molecule has 0 radical (unpaired) electrons. The molecule has 2 aromatic carbocycles. The number of rotatable bonds is 4. The average molecular weight is 725 g/mol. The monoisotopic (exact) mass is 724 g/mol. The van der Waals surface area contributed by atoms with Crippen molar-refractivity contribution in [3.63, 3.8) is 0 Å². The SMILES string of the molecule is CO[C@H]1/C=C/C[C@H](C)C(NC(=O)C2CC(C(C)(C)O)C2)[S-](=O)=NC(=O)c2ccc3c(c2)N(Cc2ccc(Cl)cc2CCCCO3)C[C@@H]2CC[C@H]21. The minimum atomic E-state index is -2.05. The van der Waals surface area contributed by atoms with Crippen LogP contribution in [0.1, 0.15) is 87.2 Å². The van der Waals surface area contributed by atoms with Crippen LogP contribution in [-0.4, -0.2) is 54.3 Å². The fourth-order valence-corrected chi connectivity index (χ4v) is 9.09. The van der Waals surface area contributed by atoms with Gasteiger partial charge in [0.2, 0.25) is 5.91 Å². The summed E-state index contributed by atoms with van der Waals surface area (Å²) in [7, 11) is -0.302. The molecule has 2 aliphatic carbocycles. The van der Waals surface area contributed by atoms with E-state index in [2.05, 4.69) is 32.8 Å². The molecule has 0 aromatic heterocycles. The van der Waals surface area contributed by atoms with E-state index in [4.69, 9.17) is 21.1 Å². The van der Waals surface area contributed by atoms with Gasteiger partial charge in [-0.2, -0.15) is 10.6 Å². The number of methoxy groups -OCH3 is 1. The zero-order valence-electron chi connectivity index (χ0n) is 29.6. The average Bonchev–Trinajstić information content (AvgIpc) is 3.06. The zero-order chi connectivity index (χ0) is 35.6. The third-order valence-electron chi connectivity index (χ3n) is 11.3. The molecule has 5 atom stereocenters. The van der Waals surface area contributed by atoms with Gasteiger partial charge in [0, 0.05) is 36.7 Å². The Morgan fingerprint density at radius 1 is 1.14 bits per heavy atom. The highest BCUT2D eigenvalue weighted by atomic mass is 35.5. The number of nitrogens with zero attached hydrogens (tertiary/aromatic N) is 2. The van der Waals surface area contributed by atoms with Gasteiger partial charge in [0.1, 0.15) is 5.75 Å². The molecule has 2 fully saturated rings. The normalized spacial score (nSPS) is 30.2. The quantitative estimate of drug-likeness (QED) is 0.253. The second kappa shape index (κ2) is 15.8. The topological polar surface area (TPSA) is 118 Å². The molecule has 0 saturated heterocycles. The fraction of sp³-hybridized carbons (Fsp3) is 0.590. The summed E-state index contributed by atoms with van der Waals surface area (Å²) >= 11 is 6.45. The maximum Gasteiger partial charge on any atom is 0.254 e. The van der Waals surface area contributed by atoms with E-state index >= 15 is 0 Å². The van der Waals surface area contributed by atoms with Crippen molar-refractivity contribution >= 4 is 39.7 Å². The first-order valence-electron chi connectivity index (χ1n) is 18.1. The number of aryl methyl sites for hydroxylation is 1. The number of aliphatic hydroxyl groups is 1. The summed E-state index contributed by atoms with van der Waals surface area (Å²) in [4.78, 5) is 29.4. The number of fused-ring (bicyclic) bond motifs is 3. The third kappa shape index (κ3) is 8.41. The Kier molecular flexibility index (Phi) is 11.6. The van der Waals surface area contributed by atoms with Crippen LogP contribution >= 0.6 is 11.6 Å². The van der Waals surface area contributed by atoms with E-state index in [0.29, 0.717) is 60.6 Å². The second-order valence-electron chi connectivity index (χ2n) is 15.2. The predicted molar refractivity (Wildman–Crippen MR) is 197 cm³/mol. The number of amides is 2. The number of hydrogen-bond donors (Lipinski definition) is 2. The van der Waals surface area contributed by atoms with Crippen molar-refractivity contribution in [3.05, 3.63) is 70.3 Å². The number of allylic oxidation sites excluding steroid dienone is 1. The van der Waals surface area contributed by atoms with Crippen LogP contribution in [0.4, 0.5) is 5.69 Å². The molecular formula is C39H51ClN3O6S-. The Labute approximate surface area is 303 Å². The number of hydrogen-bond acceptors (Lipinski definition) is 8. The Hall–Kier alpha value is -2.92. The van der Waals surface area contributed by atoms with Gasteiger partial charge >= 0.3 is 0 Å². The fourth-order valence-electron chi connectivity index (χ4n) is 7.79. The molecule has 0 spiro atoms. The number of nitrogens with one attached hydrogen (secondary N) is 1. The molecule has 2 saturated carbocycles. The summed E-state index contributed by atoms with van der Waals surface area (Å²) in [5.41, 5.74) is 2.65. The molecule has 2 bridgehead atoms. The Morgan fingerprint density at radius 2 is 1.94 bits per heavy atom. The van der Waals surface area contributed by atoms with E-state index in [0.717, 1.165) is 44.3 Å². The summed E-state index contributed by atoms with van der Waals surface area (Å²) < 4.78 is 30.5. The summed E-state index contributed by atoms with van der Waals surface area (Å²) in [5.74, 6) is -0.00132. The highest BCUT2D eigenvalue weighted by Gasteiger charge is 2.42. The van der Waals surface area contributed by atoms with Crippen molar-refractivity contribution < 1.29 is 28.4 Å². The first kappa shape index (κ1) is 36.9. The van der Waals surface area contributed by atoms with E-state index in [1.807, 2.05) is 31.2 Å². The molecule has 11 heteroatoms. The molecule has 1 unspecified atom stereocenters. The van der Waals surface area contributed by atoms with E-state index in [1.54, 1.807) is 27.0 Å². The largest absolute Gasteiger partial charge is 0.491 e. The van der Waals surface area contributed by atoms with Crippen LogP contribution in [0.15, 0.2) is 52.9 Å². The zero-order valence-corrected chi connectivity index (χ0v) is 31.2. The number of carbonyl (C=O) groups excluding carboxylic acids is 2.